The van der Waals surface area contributed by atoms with Gasteiger partial charge in [-0.15, -0.1) is 0 Å². The van der Waals surface area contributed by atoms with E-state index in [4.69, 9.17) is 0 Å². The first-order chi connectivity index (χ1) is 6.76. The van der Waals surface area contributed by atoms with Crippen LogP contribution in [0.3, 0.4) is 0 Å². The number of amides is 1. The summed E-state index contributed by atoms with van der Waals surface area (Å²) >= 11 is 0. The number of nitrogens with one attached hydrogen (secondary N) is 3. The van der Waals surface area contributed by atoms with Crippen LogP contribution < -0.4 is 16.0 Å². The molecule has 0 unspecified atom stereocenters. The van der Waals surface area contributed by atoms with Gasteiger partial charge in [0.25, 0.3) is 0 Å². The molecular weight excluding hydrogens is 182 g/mol. The van der Waals surface area contributed by atoms with Gasteiger partial charge in [-0.25, -0.2) is 9.97 Å². The van der Waals surface area contributed by atoms with Gasteiger partial charge in [-0.2, -0.15) is 0 Å². The number of carbonyl (C=O) groups excluding carboxylic acids is 1. The van der Waals surface area contributed by atoms with Crippen LogP contribution in [-0.2, 0) is 4.79 Å². The van der Waals surface area contributed by atoms with E-state index >= 15 is 0 Å². The lowest BCUT2D eigenvalue weighted by Crippen LogP contribution is -2.26. The van der Waals surface area contributed by atoms with Gasteiger partial charge in [0.15, 0.2) is 0 Å². The second-order valence-corrected chi connectivity index (χ2v) is 2.57. The van der Waals surface area contributed by atoms with Gasteiger partial charge in [-0.1, -0.05) is 0 Å². The van der Waals surface area contributed by atoms with Crippen molar-refractivity contribution in [3.8, 4) is 0 Å². The number of nitrogens with zero attached hydrogens (tertiary/aromatic N) is 2. The maximum absolute atomic E-state index is 10.9. The maximum Gasteiger partial charge on any atom is 0.239 e. The van der Waals surface area contributed by atoms with Crippen LogP contribution in [0.4, 0.5) is 11.6 Å². The van der Waals surface area contributed by atoms with Crippen LogP contribution in [0.5, 0.6) is 0 Å². The van der Waals surface area contributed by atoms with E-state index in [2.05, 4.69) is 25.9 Å². The van der Waals surface area contributed by atoms with Crippen molar-refractivity contribution in [3.05, 3.63) is 12.4 Å². The standard InChI is InChI=1S/C8H13N5O/c1-9-6-3-7(13-5-12-6)11-4-8(14)10-2/h3,5H,4H2,1-2H3,(H,10,14)(H2,9,11,12,13). The van der Waals surface area contributed by atoms with E-state index in [0.29, 0.717) is 11.6 Å². The maximum atomic E-state index is 10.9. The van der Waals surface area contributed by atoms with Crippen molar-refractivity contribution in [2.45, 2.75) is 0 Å². The quantitative estimate of drug-likeness (QED) is 0.613. The minimum atomic E-state index is -0.0883. The summed E-state index contributed by atoms with van der Waals surface area (Å²) in [7, 11) is 3.36. The number of hydrogen-bond acceptors (Lipinski definition) is 5. The van der Waals surface area contributed by atoms with Gasteiger partial charge in [0.2, 0.25) is 5.91 Å². The monoisotopic (exact) mass is 195 g/mol. The van der Waals surface area contributed by atoms with Gasteiger partial charge >= 0.3 is 0 Å². The number of hydrogen-bond donors (Lipinski definition) is 3. The SMILES string of the molecule is CNC(=O)CNc1cc(NC)ncn1. The Kier molecular flexibility index (Phi) is 3.66. The lowest BCUT2D eigenvalue weighted by atomic mass is 10.5. The third-order valence-corrected chi connectivity index (χ3v) is 1.63. The van der Waals surface area contributed by atoms with Crippen LogP contribution >= 0.6 is 0 Å². The third kappa shape index (κ3) is 2.89. The molecule has 6 nitrogen and oxygen atoms in total. The van der Waals surface area contributed by atoms with Crippen LogP contribution in [0.1, 0.15) is 0 Å². The van der Waals surface area contributed by atoms with Gasteiger partial charge in [-0.3, -0.25) is 4.79 Å². The van der Waals surface area contributed by atoms with Gasteiger partial charge in [0.1, 0.15) is 18.0 Å². The smallest absolute Gasteiger partial charge is 0.239 e. The zero-order valence-electron chi connectivity index (χ0n) is 8.16. The summed E-state index contributed by atoms with van der Waals surface area (Å²) in [6.45, 7) is 0.205. The molecule has 1 rings (SSSR count). The highest BCUT2D eigenvalue weighted by molar-refractivity contribution is 5.80. The first-order valence-electron chi connectivity index (χ1n) is 4.20. The molecule has 0 radical (unpaired) electrons. The first-order valence-corrected chi connectivity index (χ1v) is 4.20. The fourth-order valence-electron chi connectivity index (χ4n) is 0.850. The molecule has 1 amide bonds. The molecule has 1 aromatic rings. The van der Waals surface area contributed by atoms with E-state index < -0.39 is 0 Å². The van der Waals surface area contributed by atoms with E-state index in [9.17, 15) is 4.79 Å². The Labute approximate surface area is 82.1 Å². The van der Waals surface area contributed by atoms with Crippen molar-refractivity contribution < 1.29 is 4.79 Å². The normalized spacial score (nSPS) is 9.29. The Morgan fingerprint density at radius 2 is 2.07 bits per heavy atom. The molecule has 0 aliphatic rings. The zero-order valence-corrected chi connectivity index (χ0v) is 8.16. The number of anilines is 2. The molecule has 6 heteroatoms. The van der Waals surface area contributed by atoms with Crippen LogP contribution in [0.15, 0.2) is 12.4 Å². The summed E-state index contributed by atoms with van der Waals surface area (Å²) in [5.74, 6) is 1.24. The molecular formula is C8H13N5O. The highest BCUT2D eigenvalue weighted by atomic mass is 16.1. The number of aromatic nitrogens is 2. The molecule has 0 aliphatic heterocycles. The van der Waals surface area contributed by atoms with E-state index in [-0.39, 0.29) is 12.5 Å². The first kappa shape index (κ1) is 10.2. The van der Waals surface area contributed by atoms with Gasteiger partial charge < -0.3 is 16.0 Å². The Morgan fingerprint density at radius 3 is 2.71 bits per heavy atom. The van der Waals surface area contributed by atoms with E-state index in [1.807, 2.05) is 0 Å². The van der Waals surface area contributed by atoms with Crippen molar-refractivity contribution in [1.82, 2.24) is 15.3 Å². The van der Waals surface area contributed by atoms with Crippen LogP contribution in [0.25, 0.3) is 0 Å². The van der Waals surface area contributed by atoms with E-state index in [1.165, 1.54) is 6.33 Å². The topological polar surface area (TPSA) is 78.9 Å². The largest absolute Gasteiger partial charge is 0.373 e. The van der Waals surface area contributed by atoms with E-state index in [0.717, 1.165) is 0 Å². The summed E-state index contributed by atoms with van der Waals surface area (Å²) in [5.41, 5.74) is 0. The molecule has 76 valence electrons. The lowest BCUT2D eigenvalue weighted by Gasteiger charge is -2.05. The number of carbonyl (C=O) groups is 1. The lowest BCUT2D eigenvalue weighted by molar-refractivity contribution is -0.118. The van der Waals surface area contributed by atoms with Gasteiger partial charge in [0.05, 0.1) is 6.54 Å². The molecule has 3 N–H and O–H groups in total. The Bertz CT molecular complexity index is 314. The third-order valence-electron chi connectivity index (χ3n) is 1.63. The molecule has 0 atom stereocenters. The van der Waals surface area contributed by atoms with Crippen molar-refractivity contribution >= 4 is 17.5 Å². The Balaban J connectivity index is 2.54. The van der Waals surface area contributed by atoms with Crippen LogP contribution in [0.2, 0.25) is 0 Å². The highest BCUT2D eigenvalue weighted by Gasteiger charge is 1.99. The van der Waals surface area contributed by atoms with Crippen molar-refractivity contribution in [3.63, 3.8) is 0 Å². The van der Waals surface area contributed by atoms with Crippen molar-refractivity contribution in [2.24, 2.45) is 0 Å². The number of rotatable bonds is 4. The summed E-state index contributed by atoms with van der Waals surface area (Å²) in [6, 6.07) is 1.73. The molecule has 0 bridgehead atoms. The number of likely N-dealkylation sites (N-methyl/N-ethyl adjacent to an activating group) is 1. The minimum Gasteiger partial charge on any atom is -0.373 e. The predicted octanol–water partition coefficient (Wildman–Crippen LogP) is -0.324. The fourth-order valence-corrected chi connectivity index (χ4v) is 0.850. The fraction of sp³-hybridized carbons (Fsp3) is 0.375. The molecule has 1 aromatic heterocycles. The molecule has 0 saturated carbocycles. The van der Waals surface area contributed by atoms with Gasteiger partial charge in [0, 0.05) is 20.2 Å². The summed E-state index contributed by atoms with van der Waals surface area (Å²) < 4.78 is 0. The second kappa shape index (κ2) is 5.00. The zero-order chi connectivity index (χ0) is 10.4. The molecule has 1 heterocycles. The average Bonchev–Trinajstić information content (AvgIpc) is 2.26. The molecule has 14 heavy (non-hydrogen) atoms. The molecule has 0 fully saturated rings. The summed E-state index contributed by atoms with van der Waals surface area (Å²) in [6.07, 6.45) is 1.43. The molecule has 0 aromatic carbocycles. The van der Waals surface area contributed by atoms with E-state index in [1.54, 1.807) is 20.2 Å². The van der Waals surface area contributed by atoms with Gasteiger partial charge in [-0.05, 0) is 0 Å². The van der Waals surface area contributed by atoms with Crippen molar-refractivity contribution in [1.29, 1.82) is 0 Å². The molecule has 0 spiro atoms. The Morgan fingerprint density at radius 1 is 1.36 bits per heavy atom. The second-order valence-electron chi connectivity index (χ2n) is 2.57. The highest BCUT2D eigenvalue weighted by Crippen LogP contribution is 2.06. The molecule has 0 saturated heterocycles. The minimum absolute atomic E-state index is 0.0883. The molecule has 0 aliphatic carbocycles. The average molecular weight is 195 g/mol. The summed E-state index contributed by atoms with van der Waals surface area (Å²) in [4.78, 5) is 18.8. The van der Waals surface area contributed by atoms with Crippen molar-refractivity contribution in [2.75, 3.05) is 31.3 Å². The predicted molar refractivity (Wildman–Crippen MR) is 54.1 cm³/mol. The summed E-state index contributed by atoms with van der Waals surface area (Å²) in [5, 5.41) is 8.25. The van der Waals surface area contributed by atoms with Crippen LogP contribution in [0, 0.1) is 0 Å². The Hall–Kier alpha value is -1.85. The van der Waals surface area contributed by atoms with Crippen LogP contribution in [-0.4, -0.2) is 36.5 Å².